The van der Waals surface area contributed by atoms with Gasteiger partial charge in [0.1, 0.15) is 0 Å². The van der Waals surface area contributed by atoms with Crippen LogP contribution >= 0.6 is 11.8 Å². The van der Waals surface area contributed by atoms with Crippen molar-refractivity contribution in [2.75, 3.05) is 26.4 Å². The number of hydrogen-bond donors (Lipinski definition) is 2. The van der Waals surface area contributed by atoms with Gasteiger partial charge < -0.3 is 29.2 Å². The van der Waals surface area contributed by atoms with Gasteiger partial charge in [-0.3, -0.25) is 0 Å². The van der Waals surface area contributed by atoms with Gasteiger partial charge in [-0.25, -0.2) is 0 Å². The fourth-order valence-electron chi connectivity index (χ4n) is 7.48. The van der Waals surface area contributed by atoms with Gasteiger partial charge in [0, 0.05) is 9.79 Å². The number of benzene rings is 2. The topological polar surface area (TPSA) is 77.4 Å². The molecule has 0 atom stereocenters. The molecule has 2 aromatic rings. The maximum Gasteiger partial charge on any atom is 0.200 e. The number of phenols is 2. The third kappa shape index (κ3) is 26.5. The van der Waals surface area contributed by atoms with Crippen molar-refractivity contribution in [2.45, 2.75) is 243 Å². The molecule has 0 aliphatic carbocycles. The molecule has 0 aromatic heterocycles. The molecule has 2 N–H and O–H groups in total. The lowest BCUT2D eigenvalue weighted by molar-refractivity contribution is 0.263. The molecule has 6 nitrogen and oxygen atoms in total. The molecular formula is C52H90O6S. The predicted molar refractivity (Wildman–Crippen MR) is 253 cm³/mol. The van der Waals surface area contributed by atoms with Crippen molar-refractivity contribution in [1.82, 2.24) is 0 Å². The van der Waals surface area contributed by atoms with Gasteiger partial charge in [0.05, 0.1) is 26.4 Å². The molecule has 0 amide bonds. The SMILES string of the molecule is CCCCCCCCCCOc1cc(Sc2cc(OCCCCCCCCCC)c(O)c(OCCCCCCCCCC)c2)cc(OCCCCCCCCCC)c1O. The lowest BCUT2D eigenvalue weighted by atomic mass is 10.1. The fourth-order valence-corrected chi connectivity index (χ4v) is 8.42. The van der Waals surface area contributed by atoms with Crippen LogP contribution in [0.3, 0.4) is 0 Å². The van der Waals surface area contributed by atoms with Crippen LogP contribution in [0.2, 0.25) is 0 Å². The smallest absolute Gasteiger partial charge is 0.200 e. The molecule has 59 heavy (non-hydrogen) atoms. The van der Waals surface area contributed by atoms with Crippen molar-refractivity contribution in [3.05, 3.63) is 24.3 Å². The Morgan fingerprint density at radius 1 is 0.305 bits per heavy atom. The maximum absolute atomic E-state index is 11.3. The molecule has 0 saturated carbocycles. The van der Waals surface area contributed by atoms with E-state index in [0.717, 1.165) is 61.2 Å². The molecule has 0 unspecified atom stereocenters. The molecule has 0 radical (unpaired) electrons. The van der Waals surface area contributed by atoms with E-state index in [0.29, 0.717) is 49.4 Å². The van der Waals surface area contributed by atoms with Crippen molar-refractivity contribution in [1.29, 1.82) is 0 Å². The van der Waals surface area contributed by atoms with Gasteiger partial charge in [-0.2, -0.15) is 0 Å². The fraction of sp³-hybridized carbons (Fsp3) is 0.769. The van der Waals surface area contributed by atoms with Crippen molar-refractivity contribution in [2.24, 2.45) is 0 Å². The Hall–Kier alpha value is -2.41. The zero-order valence-corrected chi connectivity index (χ0v) is 39.5. The van der Waals surface area contributed by atoms with E-state index in [4.69, 9.17) is 18.9 Å². The average Bonchev–Trinajstić information content (AvgIpc) is 3.23. The molecule has 7 heteroatoms. The second-order valence-corrected chi connectivity index (χ2v) is 18.1. The zero-order valence-electron chi connectivity index (χ0n) is 38.7. The highest BCUT2D eigenvalue weighted by Gasteiger charge is 2.18. The van der Waals surface area contributed by atoms with Gasteiger partial charge in [-0.15, -0.1) is 0 Å². The van der Waals surface area contributed by atoms with Crippen LogP contribution in [0.15, 0.2) is 34.1 Å². The minimum absolute atomic E-state index is 0.0722. The number of hydrogen-bond acceptors (Lipinski definition) is 7. The first-order valence-corrected chi connectivity index (χ1v) is 25.8. The van der Waals surface area contributed by atoms with Crippen LogP contribution in [-0.2, 0) is 0 Å². The monoisotopic (exact) mass is 843 g/mol. The Morgan fingerprint density at radius 2 is 0.492 bits per heavy atom. The average molecular weight is 843 g/mol. The molecule has 340 valence electrons. The number of rotatable bonds is 42. The molecule has 0 aliphatic rings. The van der Waals surface area contributed by atoms with Crippen molar-refractivity contribution in [3.63, 3.8) is 0 Å². The van der Waals surface area contributed by atoms with Crippen molar-refractivity contribution >= 4 is 11.8 Å². The molecule has 0 spiro atoms. The Labute approximate surface area is 367 Å². The summed E-state index contributed by atoms with van der Waals surface area (Å²) in [7, 11) is 0. The van der Waals surface area contributed by atoms with E-state index in [9.17, 15) is 10.2 Å². The molecule has 0 heterocycles. The van der Waals surface area contributed by atoms with E-state index in [1.807, 2.05) is 24.3 Å². The molecule has 2 rings (SSSR count). The second-order valence-electron chi connectivity index (χ2n) is 16.9. The van der Waals surface area contributed by atoms with E-state index < -0.39 is 0 Å². The van der Waals surface area contributed by atoms with Gasteiger partial charge in [0.25, 0.3) is 0 Å². The van der Waals surface area contributed by atoms with E-state index >= 15 is 0 Å². The molecule has 0 saturated heterocycles. The normalized spacial score (nSPS) is 11.3. The van der Waals surface area contributed by atoms with Crippen LogP contribution in [0.25, 0.3) is 0 Å². The Kier molecular flexibility index (Phi) is 33.4. The van der Waals surface area contributed by atoms with Gasteiger partial charge in [-0.05, 0) is 49.9 Å². The minimum Gasteiger partial charge on any atom is -0.502 e. The largest absolute Gasteiger partial charge is 0.502 e. The zero-order chi connectivity index (χ0) is 42.4. The van der Waals surface area contributed by atoms with E-state index in [-0.39, 0.29) is 11.5 Å². The molecule has 0 fully saturated rings. The predicted octanol–water partition coefficient (Wildman–Crippen LogP) is 17.3. The lowest BCUT2D eigenvalue weighted by Gasteiger charge is -2.17. The van der Waals surface area contributed by atoms with Crippen LogP contribution in [0.5, 0.6) is 34.5 Å². The highest BCUT2D eigenvalue weighted by atomic mass is 32.2. The molecule has 2 aromatic carbocycles. The Bertz CT molecular complexity index is 1090. The van der Waals surface area contributed by atoms with Gasteiger partial charge in [0.2, 0.25) is 11.5 Å². The van der Waals surface area contributed by atoms with Gasteiger partial charge in [0.15, 0.2) is 23.0 Å². The number of phenolic OH excluding ortho intramolecular Hbond substituents is 2. The molecular weight excluding hydrogens is 753 g/mol. The third-order valence-electron chi connectivity index (χ3n) is 11.3. The third-order valence-corrected chi connectivity index (χ3v) is 12.2. The quantitative estimate of drug-likeness (QED) is 0.0645. The van der Waals surface area contributed by atoms with Crippen LogP contribution in [0.1, 0.15) is 233 Å². The van der Waals surface area contributed by atoms with E-state index in [1.54, 1.807) is 11.8 Å². The minimum atomic E-state index is 0.0722. The van der Waals surface area contributed by atoms with Gasteiger partial charge >= 0.3 is 0 Å². The van der Waals surface area contributed by atoms with Crippen molar-refractivity contribution < 1.29 is 29.2 Å². The standard InChI is InChI=1S/C52H90O6S/c1-5-9-13-17-21-25-29-33-37-55-47-41-45(42-48(51(47)53)56-38-34-30-26-22-18-14-10-6-2)59-46-43-49(57-39-35-31-27-23-19-15-11-7-3)52(54)50(44-46)58-40-36-32-28-24-20-16-12-8-4/h41-44,53-54H,5-40H2,1-4H3. The highest BCUT2D eigenvalue weighted by molar-refractivity contribution is 7.99. The molecule has 0 aliphatic heterocycles. The van der Waals surface area contributed by atoms with Crippen molar-refractivity contribution in [3.8, 4) is 34.5 Å². The van der Waals surface area contributed by atoms with Crippen LogP contribution in [0, 0.1) is 0 Å². The summed E-state index contributed by atoms with van der Waals surface area (Å²) < 4.78 is 25.0. The number of aromatic hydroxyl groups is 2. The van der Waals surface area contributed by atoms with E-state index in [1.165, 1.54) is 154 Å². The summed E-state index contributed by atoms with van der Waals surface area (Å²) in [6, 6.07) is 7.68. The summed E-state index contributed by atoms with van der Waals surface area (Å²) >= 11 is 1.55. The summed E-state index contributed by atoms with van der Waals surface area (Å²) in [6.07, 6.45) is 39.2. The summed E-state index contributed by atoms with van der Waals surface area (Å²) in [5.74, 6) is 1.98. The molecule has 0 bridgehead atoms. The highest BCUT2D eigenvalue weighted by Crippen LogP contribution is 2.46. The second kappa shape index (κ2) is 37.4. The summed E-state index contributed by atoms with van der Waals surface area (Å²) in [4.78, 5) is 1.79. The first-order valence-electron chi connectivity index (χ1n) is 25.0. The van der Waals surface area contributed by atoms with Gasteiger partial charge in [-0.1, -0.05) is 219 Å². The van der Waals surface area contributed by atoms with Crippen LogP contribution in [0.4, 0.5) is 0 Å². The Morgan fingerprint density at radius 3 is 0.695 bits per heavy atom. The summed E-state index contributed by atoms with van der Waals surface area (Å²) in [5, 5.41) is 22.7. The lowest BCUT2D eigenvalue weighted by Crippen LogP contribution is -2.02. The van der Waals surface area contributed by atoms with E-state index in [2.05, 4.69) is 27.7 Å². The van der Waals surface area contributed by atoms with Crippen LogP contribution < -0.4 is 18.9 Å². The van der Waals surface area contributed by atoms with Crippen LogP contribution in [-0.4, -0.2) is 36.6 Å². The number of ether oxygens (including phenoxy) is 4. The summed E-state index contributed by atoms with van der Waals surface area (Å²) in [5.41, 5.74) is 0. The first-order chi connectivity index (χ1) is 29.0. The Balaban J connectivity index is 2.16. The first kappa shape index (κ1) is 52.7. The summed E-state index contributed by atoms with van der Waals surface area (Å²) in [6.45, 7) is 11.3. The maximum atomic E-state index is 11.3. The number of unbranched alkanes of at least 4 members (excludes halogenated alkanes) is 28.